The Morgan fingerprint density at radius 3 is 2.87 bits per heavy atom. The number of amides is 1. The standard InChI is InChI=1S/C11H22N2O2/c1-2-4-9(12)11(15)13-7-8-5-3-6-10(8)14/h8-10,14H,2-7,12H2,1H3,(H,13,15)/t8?,9-,10?/m1/s1. The average Bonchev–Trinajstić information content (AvgIpc) is 2.61. The van der Waals surface area contributed by atoms with Gasteiger partial charge in [-0.1, -0.05) is 19.8 Å². The number of aliphatic hydroxyl groups excluding tert-OH is 1. The summed E-state index contributed by atoms with van der Waals surface area (Å²) in [4.78, 5) is 11.5. The van der Waals surface area contributed by atoms with E-state index < -0.39 is 6.04 Å². The summed E-state index contributed by atoms with van der Waals surface area (Å²) in [6, 6.07) is -0.395. The number of hydrogen-bond acceptors (Lipinski definition) is 3. The van der Waals surface area contributed by atoms with Crippen molar-refractivity contribution in [2.45, 2.75) is 51.2 Å². The maximum atomic E-state index is 11.5. The van der Waals surface area contributed by atoms with Gasteiger partial charge in [0.1, 0.15) is 0 Å². The van der Waals surface area contributed by atoms with Crippen LogP contribution < -0.4 is 11.1 Å². The predicted octanol–water partition coefficient (Wildman–Crippen LogP) is 0.391. The van der Waals surface area contributed by atoms with E-state index in [0.717, 1.165) is 32.1 Å². The van der Waals surface area contributed by atoms with Gasteiger partial charge in [0.15, 0.2) is 0 Å². The van der Waals surface area contributed by atoms with Gasteiger partial charge in [-0.15, -0.1) is 0 Å². The first-order valence-corrected chi connectivity index (χ1v) is 5.86. The molecule has 0 aromatic heterocycles. The summed E-state index contributed by atoms with van der Waals surface area (Å²) in [6.07, 6.45) is 4.32. The minimum atomic E-state index is -0.395. The van der Waals surface area contributed by atoms with E-state index in [0.29, 0.717) is 6.54 Å². The summed E-state index contributed by atoms with van der Waals surface area (Å²) in [7, 11) is 0. The van der Waals surface area contributed by atoms with Gasteiger partial charge in [0.05, 0.1) is 12.1 Å². The molecule has 3 atom stereocenters. The molecular weight excluding hydrogens is 192 g/mol. The van der Waals surface area contributed by atoms with Gasteiger partial charge in [-0.2, -0.15) is 0 Å². The SMILES string of the molecule is CCC[C@@H](N)C(=O)NCC1CCCC1O. The van der Waals surface area contributed by atoms with Crippen LogP contribution in [0.15, 0.2) is 0 Å². The van der Waals surface area contributed by atoms with E-state index in [1.54, 1.807) is 0 Å². The maximum Gasteiger partial charge on any atom is 0.236 e. The Hall–Kier alpha value is -0.610. The second kappa shape index (κ2) is 6.08. The van der Waals surface area contributed by atoms with E-state index in [1.807, 2.05) is 6.92 Å². The molecule has 1 saturated carbocycles. The number of nitrogens with one attached hydrogen (secondary N) is 1. The van der Waals surface area contributed by atoms with Gasteiger partial charge in [0, 0.05) is 12.5 Å². The van der Waals surface area contributed by atoms with Gasteiger partial charge in [-0.05, 0) is 19.3 Å². The largest absolute Gasteiger partial charge is 0.393 e. The van der Waals surface area contributed by atoms with E-state index in [9.17, 15) is 9.90 Å². The molecule has 0 aromatic carbocycles. The monoisotopic (exact) mass is 214 g/mol. The maximum absolute atomic E-state index is 11.5. The third kappa shape index (κ3) is 3.80. The Morgan fingerprint density at radius 1 is 1.60 bits per heavy atom. The van der Waals surface area contributed by atoms with Crippen LogP contribution >= 0.6 is 0 Å². The Bertz CT molecular complexity index is 209. The van der Waals surface area contributed by atoms with Crippen molar-refractivity contribution in [3.8, 4) is 0 Å². The minimum absolute atomic E-state index is 0.0871. The highest BCUT2D eigenvalue weighted by atomic mass is 16.3. The van der Waals surface area contributed by atoms with E-state index in [4.69, 9.17) is 5.73 Å². The van der Waals surface area contributed by atoms with Crippen LogP contribution in [0.2, 0.25) is 0 Å². The van der Waals surface area contributed by atoms with Gasteiger partial charge < -0.3 is 16.2 Å². The molecule has 88 valence electrons. The molecular formula is C11H22N2O2. The van der Waals surface area contributed by atoms with Crippen molar-refractivity contribution >= 4 is 5.91 Å². The van der Waals surface area contributed by atoms with Gasteiger partial charge >= 0.3 is 0 Å². The first kappa shape index (κ1) is 12.5. The van der Waals surface area contributed by atoms with Gasteiger partial charge in [-0.3, -0.25) is 4.79 Å². The van der Waals surface area contributed by atoms with Crippen molar-refractivity contribution < 1.29 is 9.90 Å². The zero-order chi connectivity index (χ0) is 11.3. The number of carbonyl (C=O) groups is 1. The Kier molecular flexibility index (Phi) is 5.05. The summed E-state index contributed by atoms with van der Waals surface area (Å²) in [5.74, 6) is 0.138. The lowest BCUT2D eigenvalue weighted by atomic mass is 10.1. The highest BCUT2D eigenvalue weighted by Gasteiger charge is 2.25. The van der Waals surface area contributed by atoms with Gasteiger partial charge in [0.25, 0.3) is 0 Å². The van der Waals surface area contributed by atoms with Crippen LogP contribution in [0.1, 0.15) is 39.0 Å². The normalized spacial score (nSPS) is 27.7. The molecule has 0 bridgehead atoms. The van der Waals surface area contributed by atoms with Crippen LogP contribution in [0.4, 0.5) is 0 Å². The average molecular weight is 214 g/mol. The molecule has 0 aromatic rings. The molecule has 1 amide bonds. The molecule has 4 N–H and O–H groups in total. The molecule has 4 nitrogen and oxygen atoms in total. The van der Waals surface area contributed by atoms with Gasteiger partial charge in [0.2, 0.25) is 5.91 Å². The van der Waals surface area contributed by atoms with Crippen molar-refractivity contribution in [2.75, 3.05) is 6.54 Å². The zero-order valence-electron chi connectivity index (χ0n) is 9.41. The predicted molar refractivity (Wildman–Crippen MR) is 59.2 cm³/mol. The van der Waals surface area contributed by atoms with Gasteiger partial charge in [-0.25, -0.2) is 0 Å². The third-order valence-corrected chi connectivity index (χ3v) is 3.09. The quantitative estimate of drug-likeness (QED) is 0.619. The second-order valence-electron chi connectivity index (χ2n) is 4.40. The fraction of sp³-hybridized carbons (Fsp3) is 0.909. The van der Waals surface area contributed by atoms with Crippen LogP contribution in [0, 0.1) is 5.92 Å². The van der Waals surface area contributed by atoms with Crippen LogP contribution in [-0.4, -0.2) is 29.7 Å². The zero-order valence-corrected chi connectivity index (χ0v) is 9.41. The lowest BCUT2D eigenvalue weighted by Gasteiger charge is -2.17. The number of carbonyl (C=O) groups excluding carboxylic acids is 1. The van der Waals surface area contributed by atoms with Crippen molar-refractivity contribution in [1.29, 1.82) is 0 Å². The van der Waals surface area contributed by atoms with E-state index in [1.165, 1.54) is 0 Å². The molecule has 0 radical (unpaired) electrons. The molecule has 1 aliphatic rings. The first-order chi connectivity index (χ1) is 7.15. The lowest BCUT2D eigenvalue weighted by Crippen LogP contribution is -2.43. The van der Waals surface area contributed by atoms with Crippen molar-refractivity contribution in [2.24, 2.45) is 11.7 Å². The molecule has 1 rings (SSSR count). The molecule has 1 fully saturated rings. The number of nitrogens with two attached hydrogens (primary N) is 1. The Balaban J connectivity index is 2.21. The summed E-state index contributed by atoms with van der Waals surface area (Å²) in [6.45, 7) is 2.57. The molecule has 0 saturated heterocycles. The Morgan fingerprint density at radius 2 is 2.33 bits per heavy atom. The molecule has 2 unspecified atom stereocenters. The van der Waals surface area contributed by atoms with Crippen molar-refractivity contribution in [1.82, 2.24) is 5.32 Å². The number of aliphatic hydroxyl groups is 1. The fourth-order valence-electron chi connectivity index (χ4n) is 2.06. The van der Waals surface area contributed by atoms with Crippen LogP contribution in [0.25, 0.3) is 0 Å². The van der Waals surface area contributed by atoms with E-state index in [-0.39, 0.29) is 17.9 Å². The second-order valence-corrected chi connectivity index (χ2v) is 4.40. The minimum Gasteiger partial charge on any atom is -0.393 e. The summed E-state index contributed by atoms with van der Waals surface area (Å²) >= 11 is 0. The smallest absolute Gasteiger partial charge is 0.236 e. The molecule has 1 aliphatic carbocycles. The molecule has 0 aliphatic heterocycles. The summed E-state index contributed by atoms with van der Waals surface area (Å²) < 4.78 is 0. The van der Waals surface area contributed by atoms with E-state index >= 15 is 0 Å². The number of hydrogen-bond donors (Lipinski definition) is 3. The van der Waals surface area contributed by atoms with Crippen LogP contribution in [0.5, 0.6) is 0 Å². The number of rotatable bonds is 5. The van der Waals surface area contributed by atoms with Crippen LogP contribution in [-0.2, 0) is 4.79 Å². The van der Waals surface area contributed by atoms with Crippen LogP contribution in [0.3, 0.4) is 0 Å². The molecule has 15 heavy (non-hydrogen) atoms. The first-order valence-electron chi connectivity index (χ1n) is 5.86. The highest BCUT2D eigenvalue weighted by molar-refractivity contribution is 5.81. The summed E-state index contributed by atoms with van der Waals surface area (Å²) in [5, 5.41) is 12.4. The van der Waals surface area contributed by atoms with Crippen molar-refractivity contribution in [3.63, 3.8) is 0 Å². The fourth-order valence-corrected chi connectivity index (χ4v) is 2.06. The highest BCUT2D eigenvalue weighted by Crippen LogP contribution is 2.24. The lowest BCUT2D eigenvalue weighted by molar-refractivity contribution is -0.122. The third-order valence-electron chi connectivity index (χ3n) is 3.09. The molecule has 0 heterocycles. The Labute approximate surface area is 91.2 Å². The molecule has 4 heteroatoms. The van der Waals surface area contributed by atoms with E-state index in [2.05, 4.69) is 5.32 Å². The molecule has 0 spiro atoms. The topological polar surface area (TPSA) is 75.4 Å². The summed E-state index contributed by atoms with van der Waals surface area (Å²) in [5.41, 5.74) is 5.67. The van der Waals surface area contributed by atoms with Crippen molar-refractivity contribution in [3.05, 3.63) is 0 Å².